The molecule has 0 N–H and O–H groups in total. The fourth-order valence-electron chi connectivity index (χ4n) is 1.79. The van der Waals surface area contributed by atoms with E-state index in [1.165, 1.54) is 6.42 Å². The maximum Gasteiger partial charge on any atom is 0.222 e. The van der Waals surface area contributed by atoms with Crippen molar-refractivity contribution in [1.29, 1.82) is 0 Å². The van der Waals surface area contributed by atoms with Gasteiger partial charge in [0.25, 0.3) is 0 Å². The zero-order valence-corrected chi connectivity index (χ0v) is 9.02. The monoisotopic (exact) mass is 203 g/mol. The molecular weight excluding hydrogens is 186 g/mol. The maximum atomic E-state index is 11.6. The normalized spacial score (nSPS) is 23.2. The third kappa shape index (κ3) is 3.55. The highest BCUT2D eigenvalue weighted by Crippen LogP contribution is 2.16. The first-order valence-corrected chi connectivity index (χ1v) is 5.61. The molecule has 0 bridgehead atoms. The van der Waals surface area contributed by atoms with Crippen LogP contribution >= 0.6 is 11.6 Å². The third-order valence-electron chi connectivity index (χ3n) is 2.53. The van der Waals surface area contributed by atoms with E-state index in [1.807, 2.05) is 4.90 Å². The summed E-state index contributed by atoms with van der Waals surface area (Å²) < 4.78 is 0. The van der Waals surface area contributed by atoms with Crippen LogP contribution < -0.4 is 0 Å². The van der Waals surface area contributed by atoms with Gasteiger partial charge in [0.05, 0.1) is 0 Å². The Morgan fingerprint density at radius 1 is 1.62 bits per heavy atom. The zero-order valence-electron chi connectivity index (χ0n) is 8.26. The average molecular weight is 204 g/mol. The number of hydrogen-bond acceptors (Lipinski definition) is 1. The minimum Gasteiger partial charge on any atom is -0.342 e. The number of carbonyl (C=O) groups is 1. The predicted octanol–water partition coefficient (Wildman–Crippen LogP) is 2.26. The molecule has 13 heavy (non-hydrogen) atoms. The molecule has 1 heterocycles. The maximum absolute atomic E-state index is 11.6. The lowest BCUT2D eigenvalue weighted by Crippen LogP contribution is -2.38. The van der Waals surface area contributed by atoms with Crippen LogP contribution in [-0.2, 0) is 4.79 Å². The van der Waals surface area contributed by atoms with Crippen molar-refractivity contribution in [3.8, 4) is 0 Å². The molecule has 3 heteroatoms. The summed E-state index contributed by atoms with van der Waals surface area (Å²) >= 11 is 5.54. The number of halogens is 1. The van der Waals surface area contributed by atoms with E-state index in [1.54, 1.807) is 0 Å². The van der Waals surface area contributed by atoms with E-state index in [4.69, 9.17) is 11.6 Å². The molecule has 1 amide bonds. The number of amides is 1. The van der Waals surface area contributed by atoms with Crippen molar-refractivity contribution in [2.24, 2.45) is 5.92 Å². The van der Waals surface area contributed by atoms with Crippen molar-refractivity contribution in [3.63, 3.8) is 0 Å². The van der Waals surface area contributed by atoms with Crippen molar-refractivity contribution in [2.75, 3.05) is 19.0 Å². The highest BCUT2D eigenvalue weighted by molar-refractivity contribution is 6.17. The smallest absolute Gasteiger partial charge is 0.222 e. The first-order valence-electron chi connectivity index (χ1n) is 5.07. The van der Waals surface area contributed by atoms with E-state index < -0.39 is 0 Å². The van der Waals surface area contributed by atoms with Crippen LogP contribution in [0.4, 0.5) is 0 Å². The molecule has 1 rings (SSSR count). The van der Waals surface area contributed by atoms with E-state index >= 15 is 0 Å². The van der Waals surface area contributed by atoms with E-state index in [2.05, 4.69) is 6.92 Å². The van der Waals surface area contributed by atoms with Gasteiger partial charge in [0.2, 0.25) is 5.91 Å². The lowest BCUT2D eigenvalue weighted by Gasteiger charge is -2.30. The Bertz CT molecular complexity index is 172. The van der Waals surface area contributed by atoms with Crippen LogP contribution in [0.5, 0.6) is 0 Å². The summed E-state index contributed by atoms with van der Waals surface area (Å²) in [7, 11) is 0. The van der Waals surface area contributed by atoms with Gasteiger partial charge in [-0.05, 0) is 25.2 Å². The van der Waals surface area contributed by atoms with Crippen LogP contribution in [0, 0.1) is 5.92 Å². The molecule has 76 valence electrons. The van der Waals surface area contributed by atoms with Crippen molar-refractivity contribution in [1.82, 2.24) is 4.90 Å². The molecule has 1 atom stereocenters. The van der Waals surface area contributed by atoms with Gasteiger partial charge in [-0.1, -0.05) is 6.92 Å². The molecule has 1 saturated heterocycles. The second kappa shape index (κ2) is 5.48. The Morgan fingerprint density at radius 3 is 3.00 bits per heavy atom. The molecule has 0 saturated carbocycles. The molecule has 0 aromatic carbocycles. The Labute approximate surface area is 85.2 Å². The largest absolute Gasteiger partial charge is 0.342 e. The van der Waals surface area contributed by atoms with Crippen molar-refractivity contribution in [3.05, 3.63) is 0 Å². The number of alkyl halides is 1. The summed E-state index contributed by atoms with van der Waals surface area (Å²) in [5.41, 5.74) is 0. The van der Waals surface area contributed by atoms with Gasteiger partial charge in [-0.2, -0.15) is 0 Å². The number of hydrogen-bond donors (Lipinski definition) is 0. The van der Waals surface area contributed by atoms with Crippen LogP contribution in [0.15, 0.2) is 0 Å². The topological polar surface area (TPSA) is 20.3 Å². The summed E-state index contributed by atoms with van der Waals surface area (Å²) in [4.78, 5) is 13.6. The third-order valence-corrected chi connectivity index (χ3v) is 2.80. The molecule has 1 aliphatic rings. The second-order valence-corrected chi connectivity index (χ2v) is 4.26. The quantitative estimate of drug-likeness (QED) is 0.645. The molecule has 2 nitrogen and oxygen atoms in total. The number of piperidine rings is 1. The van der Waals surface area contributed by atoms with Gasteiger partial charge in [-0.25, -0.2) is 0 Å². The van der Waals surface area contributed by atoms with Gasteiger partial charge in [-0.15, -0.1) is 11.6 Å². The molecule has 0 unspecified atom stereocenters. The Kier molecular flexibility index (Phi) is 4.57. The lowest BCUT2D eigenvalue weighted by atomic mass is 10.00. The summed E-state index contributed by atoms with van der Waals surface area (Å²) in [5.74, 6) is 1.55. The van der Waals surface area contributed by atoms with E-state index in [0.717, 1.165) is 25.9 Å². The first-order chi connectivity index (χ1) is 6.24. The predicted molar refractivity (Wildman–Crippen MR) is 54.9 cm³/mol. The zero-order chi connectivity index (χ0) is 9.68. The summed E-state index contributed by atoms with van der Waals surface area (Å²) in [6.07, 6.45) is 3.86. The van der Waals surface area contributed by atoms with Crippen LogP contribution in [0.3, 0.4) is 0 Å². The van der Waals surface area contributed by atoms with Gasteiger partial charge in [0, 0.05) is 25.4 Å². The molecule has 1 fully saturated rings. The highest BCUT2D eigenvalue weighted by Gasteiger charge is 2.19. The summed E-state index contributed by atoms with van der Waals surface area (Å²) in [6.45, 7) is 4.10. The summed E-state index contributed by atoms with van der Waals surface area (Å²) in [5, 5.41) is 0. The number of nitrogens with zero attached hydrogens (tertiary/aromatic N) is 1. The van der Waals surface area contributed by atoms with E-state index in [-0.39, 0.29) is 5.91 Å². The molecule has 0 aromatic rings. The number of likely N-dealkylation sites (tertiary alicyclic amines) is 1. The Morgan fingerprint density at radius 2 is 2.38 bits per heavy atom. The van der Waals surface area contributed by atoms with Gasteiger partial charge < -0.3 is 4.90 Å². The van der Waals surface area contributed by atoms with Crippen molar-refractivity contribution >= 4 is 17.5 Å². The van der Waals surface area contributed by atoms with E-state index in [0.29, 0.717) is 18.2 Å². The van der Waals surface area contributed by atoms with E-state index in [9.17, 15) is 4.79 Å². The molecule has 0 aromatic heterocycles. The highest BCUT2D eigenvalue weighted by atomic mass is 35.5. The molecular formula is C10H18ClNO. The van der Waals surface area contributed by atoms with Crippen LogP contribution in [-0.4, -0.2) is 29.8 Å². The average Bonchev–Trinajstić information content (AvgIpc) is 2.14. The van der Waals surface area contributed by atoms with Crippen LogP contribution in [0.1, 0.15) is 32.6 Å². The van der Waals surface area contributed by atoms with Gasteiger partial charge in [-0.3, -0.25) is 4.79 Å². The molecule has 0 aliphatic carbocycles. The number of carbonyl (C=O) groups excluding carboxylic acids is 1. The minimum absolute atomic E-state index is 0.284. The number of rotatable bonds is 3. The minimum atomic E-state index is 0.284. The van der Waals surface area contributed by atoms with Crippen LogP contribution in [0.25, 0.3) is 0 Å². The first kappa shape index (κ1) is 10.8. The Balaban J connectivity index is 2.28. The fraction of sp³-hybridized carbons (Fsp3) is 0.900. The van der Waals surface area contributed by atoms with Gasteiger partial charge in [0.15, 0.2) is 0 Å². The molecule has 0 spiro atoms. The second-order valence-electron chi connectivity index (χ2n) is 3.88. The van der Waals surface area contributed by atoms with Gasteiger partial charge >= 0.3 is 0 Å². The summed E-state index contributed by atoms with van der Waals surface area (Å²) in [6, 6.07) is 0. The standard InChI is InChI=1S/C10H18ClNO/c1-9-4-3-7-12(8-9)10(13)5-2-6-11/h9H,2-8H2,1H3/t9-/m0/s1. The lowest BCUT2D eigenvalue weighted by molar-refractivity contribution is -0.132. The van der Waals surface area contributed by atoms with Crippen molar-refractivity contribution < 1.29 is 4.79 Å². The van der Waals surface area contributed by atoms with Crippen molar-refractivity contribution in [2.45, 2.75) is 32.6 Å². The molecule has 0 radical (unpaired) electrons. The molecule has 1 aliphatic heterocycles. The Hall–Kier alpha value is -0.240. The SMILES string of the molecule is C[C@H]1CCCN(C(=O)CCCCl)C1. The van der Waals surface area contributed by atoms with Crippen LogP contribution in [0.2, 0.25) is 0 Å². The fourth-order valence-corrected chi connectivity index (χ4v) is 1.93. The van der Waals surface area contributed by atoms with Gasteiger partial charge in [0.1, 0.15) is 0 Å².